The van der Waals surface area contributed by atoms with Gasteiger partial charge in [-0.1, -0.05) is 13.0 Å². The van der Waals surface area contributed by atoms with Gasteiger partial charge in [0, 0.05) is 5.69 Å². The van der Waals surface area contributed by atoms with Crippen LogP contribution < -0.4 is 0 Å². The Kier molecular flexibility index (Phi) is 3.37. The number of hydrogen-bond acceptors (Lipinski definition) is 2. The third-order valence-electron chi connectivity index (χ3n) is 2.30. The first-order valence-corrected chi connectivity index (χ1v) is 5.84. The van der Waals surface area contributed by atoms with Crippen LogP contribution in [0.5, 0.6) is 0 Å². The van der Waals surface area contributed by atoms with Gasteiger partial charge in [-0.3, -0.25) is 4.98 Å². The summed E-state index contributed by atoms with van der Waals surface area (Å²) in [4.78, 5) is 4.61. The predicted molar refractivity (Wildman–Crippen MR) is 60.2 cm³/mol. The summed E-state index contributed by atoms with van der Waals surface area (Å²) in [6.07, 6.45) is 3.14. The lowest BCUT2D eigenvalue weighted by Crippen LogP contribution is -2.14. The van der Waals surface area contributed by atoms with Crippen molar-refractivity contribution in [2.45, 2.75) is 31.9 Å². The van der Waals surface area contributed by atoms with Crippen LogP contribution in [0.25, 0.3) is 0 Å². The largest absolute Gasteiger partial charge is 0.256 e. The summed E-state index contributed by atoms with van der Waals surface area (Å²) in [6.45, 7) is 6.55. The molecule has 0 aromatic carbocycles. The van der Waals surface area contributed by atoms with E-state index in [1.807, 2.05) is 11.8 Å². The van der Waals surface area contributed by atoms with Gasteiger partial charge in [-0.2, -0.15) is 11.8 Å². The molecule has 0 spiro atoms. The molecule has 1 heterocycles. The van der Waals surface area contributed by atoms with Crippen LogP contribution in [0.2, 0.25) is 0 Å². The highest BCUT2D eigenvalue weighted by molar-refractivity contribution is 7.99. The molecule has 0 aliphatic heterocycles. The Morgan fingerprint density at radius 1 is 1.38 bits per heavy atom. The molecule has 0 unspecified atom stereocenters. The molecular formula is C11H17NS. The SMILES string of the molecule is CCc1cccc(C(C)(C)SC)n1. The van der Waals surface area contributed by atoms with Gasteiger partial charge in [0.1, 0.15) is 0 Å². The Labute approximate surface area is 85.0 Å². The van der Waals surface area contributed by atoms with Crippen LogP contribution in [0.4, 0.5) is 0 Å². The van der Waals surface area contributed by atoms with Crippen LogP contribution >= 0.6 is 11.8 Å². The molecule has 0 aliphatic rings. The summed E-state index contributed by atoms with van der Waals surface area (Å²) in [6, 6.07) is 6.29. The van der Waals surface area contributed by atoms with Gasteiger partial charge in [0.2, 0.25) is 0 Å². The monoisotopic (exact) mass is 195 g/mol. The molecule has 1 nitrogen and oxygen atoms in total. The third-order valence-corrected chi connectivity index (χ3v) is 3.53. The van der Waals surface area contributed by atoms with E-state index in [-0.39, 0.29) is 4.75 Å². The normalized spacial score (nSPS) is 11.7. The number of nitrogens with zero attached hydrogens (tertiary/aromatic N) is 1. The molecule has 13 heavy (non-hydrogen) atoms. The van der Waals surface area contributed by atoms with Crippen LogP contribution in [0, 0.1) is 0 Å². The molecule has 0 N–H and O–H groups in total. The van der Waals surface area contributed by atoms with Crippen LogP contribution in [0.15, 0.2) is 18.2 Å². The van der Waals surface area contributed by atoms with Gasteiger partial charge in [-0.05, 0) is 38.7 Å². The van der Waals surface area contributed by atoms with Gasteiger partial charge in [-0.15, -0.1) is 0 Å². The molecule has 0 bridgehead atoms. The summed E-state index contributed by atoms with van der Waals surface area (Å²) in [7, 11) is 0. The van der Waals surface area contributed by atoms with Crippen LogP contribution in [-0.4, -0.2) is 11.2 Å². The lowest BCUT2D eigenvalue weighted by molar-refractivity contribution is 0.740. The maximum absolute atomic E-state index is 4.61. The molecule has 1 rings (SSSR count). The van der Waals surface area contributed by atoms with Crippen LogP contribution in [-0.2, 0) is 11.2 Å². The molecule has 0 saturated carbocycles. The van der Waals surface area contributed by atoms with Crippen LogP contribution in [0.3, 0.4) is 0 Å². The average Bonchev–Trinajstić information content (AvgIpc) is 2.18. The van der Waals surface area contributed by atoms with E-state index in [1.165, 1.54) is 11.4 Å². The fourth-order valence-electron chi connectivity index (χ4n) is 1.12. The van der Waals surface area contributed by atoms with Crippen molar-refractivity contribution in [1.29, 1.82) is 0 Å². The van der Waals surface area contributed by atoms with Gasteiger partial charge in [0.25, 0.3) is 0 Å². The second-order valence-corrected chi connectivity index (χ2v) is 5.01. The highest BCUT2D eigenvalue weighted by Gasteiger charge is 2.20. The minimum Gasteiger partial charge on any atom is -0.256 e. The van der Waals surface area contributed by atoms with E-state index < -0.39 is 0 Å². The lowest BCUT2D eigenvalue weighted by Gasteiger charge is -2.21. The molecule has 72 valence electrons. The zero-order valence-corrected chi connectivity index (χ0v) is 9.61. The first-order chi connectivity index (χ1) is 6.10. The minimum absolute atomic E-state index is 0.130. The van der Waals surface area contributed by atoms with E-state index in [0.29, 0.717) is 0 Å². The Bertz CT molecular complexity index is 281. The number of rotatable bonds is 3. The summed E-state index contributed by atoms with van der Waals surface area (Å²) < 4.78 is 0.130. The number of aromatic nitrogens is 1. The number of aryl methyl sites for hydroxylation is 1. The van der Waals surface area contributed by atoms with Gasteiger partial charge in [-0.25, -0.2) is 0 Å². The highest BCUT2D eigenvalue weighted by atomic mass is 32.2. The van der Waals surface area contributed by atoms with Gasteiger partial charge < -0.3 is 0 Å². The lowest BCUT2D eigenvalue weighted by atomic mass is 10.1. The molecule has 2 heteroatoms. The fourth-order valence-corrected chi connectivity index (χ4v) is 1.44. The zero-order chi connectivity index (χ0) is 9.90. The van der Waals surface area contributed by atoms with E-state index in [2.05, 4.69) is 50.2 Å². The van der Waals surface area contributed by atoms with E-state index >= 15 is 0 Å². The van der Waals surface area contributed by atoms with E-state index in [4.69, 9.17) is 0 Å². The topological polar surface area (TPSA) is 12.9 Å². The molecular weight excluding hydrogens is 178 g/mol. The molecule has 1 aromatic rings. The quantitative estimate of drug-likeness (QED) is 0.734. The number of pyridine rings is 1. The minimum atomic E-state index is 0.130. The third kappa shape index (κ3) is 2.47. The fraction of sp³-hybridized carbons (Fsp3) is 0.545. The Morgan fingerprint density at radius 3 is 2.62 bits per heavy atom. The van der Waals surface area contributed by atoms with Crippen molar-refractivity contribution in [3.63, 3.8) is 0 Å². The van der Waals surface area contributed by atoms with Crippen molar-refractivity contribution in [2.75, 3.05) is 6.26 Å². The van der Waals surface area contributed by atoms with Gasteiger partial charge >= 0.3 is 0 Å². The van der Waals surface area contributed by atoms with Gasteiger partial charge in [0.05, 0.1) is 10.4 Å². The highest BCUT2D eigenvalue weighted by Crippen LogP contribution is 2.31. The van der Waals surface area contributed by atoms with Gasteiger partial charge in [0.15, 0.2) is 0 Å². The number of hydrogen-bond donors (Lipinski definition) is 0. The molecule has 1 aromatic heterocycles. The Balaban J connectivity index is 3.01. The Morgan fingerprint density at radius 2 is 2.08 bits per heavy atom. The Hall–Kier alpha value is -0.500. The molecule has 0 saturated heterocycles. The van der Waals surface area contributed by atoms with E-state index in [1.54, 1.807) is 0 Å². The predicted octanol–water partition coefficient (Wildman–Crippen LogP) is 3.24. The summed E-state index contributed by atoms with van der Waals surface area (Å²) >= 11 is 1.84. The second-order valence-electron chi connectivity index (χ2n) is 3.58. The molecule has 0 fully saturated rings. The van der Waals surface area contributed by atoms with Crippen molar-refractivity contribution in [1.82, 2.24) is 4.98 Å². The van der Waals surface area contributed by atoms with Crippen molar-refractivity contribution in [3.8, 4) is 0 Å². The molecule has 0 atom stereocenters. The van der Waals surface area contributed by atoms with Crippen molar-refractivity contribution in [2.24, 2.45) is 0 Å². The van der Waals surface area contributed by atoms with Crippen molar-refractivity contribution < 1.29 is 0 Å². The average molecular weight is 195 g/mol. The standard InChI is InChI=1S/C11H17NS/c1-5-9-7-6-8-10(12-9)11(2,3)13-4/h6-8H,5H2,1-4H3. The molecule has 0 aliphatic carbocycles. The number of thioether (sulfide) groups is 1. The smallest absolute Gasteiger partial charge is 0.0562 e. The first kappa shape index (κ1) is 10.6. The molecule has 0 radical (unpaired) electrons. The summed E-state index contributed by atoms with van der Waals surface area (Å²) in [5.41, 5.74) is 2.36. The van der Waals surface area contributed by atoms with E-state index in [9.17, 15) is 0 Å². The zero-order valence-electron chi connectivity index (χ0n) is 8.79. The van der Waals surface area contributed by atoms with E-state index in [0.717, 1.165) is 6.42 Å². The molecule has 0 amide bonds. The maximum atomic E-state index is 4.61. The van der Waals surface area contributed by atoms with Crippen molar-refractivity contribution in [3.05, 3.63) is 29.6 Å². The summed E-state index contributed by atoms with van der Waals surface area (Å²) in [5.74, 6) is 0. The first-order valence-electron chi connectivity index (χ1n) is 4.61. The van der Waals surface area contributed by atoms with Crippen LogP contribution in [0.1, 0.15) is 32.2 Å². The summed E-state index contributed by atoms with van der Waals surface area (Å²) in [5, 5.41) is 0. The second kappa shape index (κ2) is 4.14. The maximum Gasteiger partial charge on any atom is 0.0562 e. The van der Waals surface area contributed by atoms with Crippen molar-refractivity contribution >= 4 is 11.8 Å².